The van der Waals surface area contributed by atoms with E-state index in [0.717, 1.165) is 4.47 Å². The van der Waals surface area contributed by atoms with Crippen molar-refractivity contribution in [2.75, 3.05) is 5.32 Å². The van der Waals surface area contributed by atoms with Crippen molar-refractivity contribution in [1.29, 1.82) is 0 Å². The molecule has 0 saturated carbocycles. The van der Waals surface area contributed by atoms with E-state index in [1.54, 1.807) is 43.3 Å². The third kappa shape index (κ3) is 5.79. The van der Waals surface area contributed by atoms with Gasteiger partial charge in [0.25, 0.3) is 5.91 Å². The molecule has 0 unspecified atom stereocenters. The average molecular weight is 409 g/mol. The molecule has 2 rings (SSSR count). The fraction of sp³-hybridized carbons (Fsp3) is 0.118. The zero-order chi connectivity index (χ0) is 17.5. The lowest BCUT2D eigenvalue weighted by molar-refractivity contribution is -0.115. The lowest BCUT2D eigenvalue weighted by atomic mass is 10.2. The first kappa shape index (κ1) is 18.2. The van der Waals surface area contributed by atoms with E-state index in [2.05, 4.69) is 31.8 Å². The van der Waals surface area contributed by atoms with Gasteiger partial charge in [0.1, 0.15) is 0 Å². The van der Waals surface area contributed by atoms with E-state index >= 15 is 0 Å². The topological polar surface area (TPSA) is 70.6 Å². The van der Waals surface area contributed by atoms with Crippen LogP contribution in [0.15, 0.2) is 58.1 Å². The van der Waals surface area contributed by atoms with Crippen LogP contribution >= 0.6 is 27.5 Å². The van der Waals surface area contributed by atoms with Crippen LogP contribution < -0.4 is 10.7 Å². The van der Waals surface area contributed by atoms with Crippen molar-refractivity contribution in [3.8, 4) is 0 Å². The summed E-state index contributed by atoms with van der Waals surface area (Å²) >= 11 is 9.10. The van der Waals surface area contributed by atoms with E-state index in [-0.39, 0.29) is 18.2 Å². The first-order valence-corrected chi connectivity index (χ1v) is 8.25. The number of benzene rings is 2. The van der Waals surface area contributed by atoms with Crippen molar-refractivity contribution in [3.05, 3.63) is 63.6 Å². The Balaban J connectivity index is 1.86. The maximum atomic E-state index is 11.9. The Labute approximate surface area is 153 Å². The van der Waals surface area contributed by atoms with Crippen molar-refractivity contribution in [3.63, 3.8) is 0 Å². The summed E-state index contributed by atoms with van der Waals surface area (Å²) in [5.74, 6) is -0.571. The molecular weight excluding hydrogens is 394 g/mol. The summed E-state index contributed by atoms with van der Waals surface area (Å²) in [7, 11) is 0. The highest BCUT2D eigenvalue weighted by Crippen LogP contribution is 2.14. The molecule has 0 bridgehead atoms. The second-order valence-electron chi connectivity index (χ2n) is 5.03. The molecule has 0 saturated heterocycles. The van der Waals surface area contributed by atoms with Crippen LogP contribution in [-0.2, 0) is 4.79 Å². The zero-order valence-corrected chi connectivity index (χ0v) is 15.2. The van der Waals surface area contributed by atoms with Crippen LogP contribution in [0, 0.1) is 0 Å². The molecule has 124 valence electrons. The largest absolute Gasteiger partial charge is 0.326 e. The highest BCUT2D eigenvalue weighted by atomic mass is 79.9. The minimum Gasteiger partial charge on any atom is -0.326 e. The molecule has 0 atom stereocenters. The van der Waals surface area contributed by atoms with Crippen LogP contribution in [0.5, 0.6) is 0 Å². The highest BCUT2D eigenvalue weighted by Gasteiger charge is 2.07. The molecule has 0 aromatic heterocycles. The molecule has 0 spiro atoms. The third-order valence-corrected chi connectivity index (χ3v) is 3.78. The number of carbonyl (C=O) groups is 2. The predicted molar refractivity (Wildman–Crippen MR) is 99.4 cm³/mol. The van der Waals surface area contributed by atoms with Gasteiger partial charge in [-0.25, -0.2) is 5.43 Å². The Kier molecular flexibility index (Phi) is 6.52. The number of nitrogens with one attached hydrogen (secondary N) is 2. The first-order valence-electron chi connectivity index (χ1n) is 7.08. The number of nitrogens with zero attached hydrogens (tertiary/aromatic N) is 1. The fourth-order valence-electron chi connectivity index (χ4n) is 1.82. The quantitative estimate of drug-likeness (QED) is 0.574. The van der Waals surface area contributed by atoms with E-state index in [1.165, 1.54) is 0 Å². The van der Waals surface area contributed by atoms with E-state index in [4.69, 9.17) is 11.6 Å². The smallest absolute Gasteiger partial charge is 0.271 e. The third-order valence-electron chi connectivity index (χ3n) is 3.00. The lowest BCUT2D eigenvalue weighted by Crippen LogP contribution is -2.21. The van der Waals surface area contributed by atoms with Gasteiger partial charge in [0, 0.05) is 26.5 Å². The number of hydrogen-bond donors (Lipinski definition) is 2. The molecule has 0 aliphatic carbocycles. The summed E-state index contributed by atoms with van der Waals surface area (Å²) in [5, 5.41) is 7.24. The number of halogens is 2. The van der Waals surface area contributed by atoms with E-state index < -0.39 is 0 Å². The summed E-state index contributed by atoms with van der Waals surface area (Å²) in [4.78, 5) is 23.8. The van der Waals surface area contributed by atoms with Crippen molar-refractivity contribution in [2.24, 2.45) is 5.10 Å². The summed E-state index contributed by atoms with van der Waals surface area (Å²) in [6.45, 7) is 1.67. The minimum atomic E-state index is -0.362. The molecule has 2 N–H and O–H groups in total. The molecule has 2 amide bonds. The summed E-state index contributed by atoms with van der Waals surface area (Å²) in [6.07, 6.45) is 0.0803. The Morgan fingerprint density at radius 1 is 1.08 bits per heavy atom. The van der Waals surface area contributed by atoms with Crippen molar-refractivity contribution >= 4 is 50.7 Å². The number of carbonyl (C=O) groups excluding carboxylic acids is 2. The van der Waals surface area contributed by atoms with Crippen molar-refractivity contribution in [1.82, 2.24) is 5.43 Å². The minimum absolute atomic E-state index is 0.0803. The van der Waals surface area contributed by atoms with Gasteiger partial charge >= 0.3 is 0 Å². The first-order chi connectivity index (χ1) is 11.4. The van der Waals surface area contributed by atoms with Gasteiger partial charge in [0.15, 0.2) is 0 Å². The Morgan fingerprint density at radius 3 is 2.33 bits per heavy atom. The molecule has 0 aliphatic heterocycles. The van der Waals surface area contributed by atoms with Gasteiger partial charge in [-0.05, 0) is 55.5 Å². The maximum Gasteiger partial charge on any atom is 0.271 e. The molecule has 2 aromatic rings. The van der Waals surface area contributed by atoms with Gasteiger partial charge in [-0.15, -0.1) is 0 Å². The van der Waals surface area contributed by atoms with Gasteiger partial charge in [-0.1, -0.05) is 27.5 Å². The molecule has 2 aromatic carbocycles. The summed E-state index contributed by atoms with van der Waals surface area (Å²) in [5.41, 5.74) is 4.04. The molecule has 0 heterocycles. The van der Waals surface area contributed by atoms with Gasteiger partial charge in [0.05, 0.1) is 6.42 Å². The highest BCUT2D eigenvalue weighted by molar-refractivity contribution is 9.10. The van der Waals surface area contributed by atoms with Gasteiger partial charge in [-0.3, -0.25) is 9.59 Å². The Morgan fingerprint density at radius 2 is 1.71 bits per heavy atom. The molecule has 7 heteroatoms. The molecule has 0 fully saturated rings. The second kappa shape index (κ2) is 8.61. The maximum absolute atomic E-state index is 11.9. The number of amides is 2. The van der Waals surface area contributed by atoms with Gasteiger partial charge in [0.2, 0.25) is 5.91 Å². The SMILES string of the molecule is C/C(CC(=O)Nc1ccc(Br)cc1)=N\NC(=O)c1ccc(Cl)cc1. The van der Waals surface area contributed by atoms with Crippen LogP contribution in [0.4, 0.5) is 5.69 Å². The Hall–Kier alpha value is -2.18. The van der Waals surface area contributed by atoms with Crippen LogP contribution in [0.2, 0.25) is 5.02 Å². The molecule has 0 radical (unpaired) electrons. The molecule has 24 heavy (non-hydrogen) atoms. The van der Waals surface area contributed by atoms with E-state index in [9.17, 15) is 9.59 Å². The zero-order valence-electron chi connectivity index (χ0n) is 12.8. The number of rotatable bonds is 5. The van der Waals surface area contributed by atoms with Crippen molar-refractivity contribution in [2.45, 2.75) is 13.3 Å². The van der Waals surface area contributed by atoms with Crippen LogP contribution in [-0.4, -0.2) is 17.5 Å². The average Bonchev–Trinajstić information content (AvgIpc) is 2.55. The van der Waals surface area contributed by atoms with Crippen LogP contribution in [0.3, 0.4) is 0 Å². The van der Waals surface area contributed by atoms with Crippen molar-refractivity contribution < 1.29 is 9.59 Å². The van der Waals surface area contributed by atoms with Crippen LogP contribution in [0.1, 0.15) is 23.7 Å². The molecular formula is C17H15BrClN3O2. The lowest BCUT2D eigenvalue weighted by Gasteiger charge is -2.06. The molecule has 0 aliphatic rings. The predicted octanol–water partition coefficient (Wildman–Crippen LogP) is 4.24. The molecule has 5 nitrogen and oxygen atoms in total. The van der Waals surface area contributed by atoms with Crippen LogP contribution in [0.25, 0.3) is 0 Å². The Bertz CT molecular complexity index is 758. The normalized spacial score (nSPS) is 11.0. The summed E-state index contributed by atoms with van der Waals surface area (Å²) in [6, 6.07) is 13.7. The fourth-order valence-corrected chi connectivity index (χ4v) is 2.21. The monoisotopic (exact) mass is 407 g/mol. The van der Waals surface area contributed by atoms with Gasteiger partial charge in [-0.2, -0.15) is 5.10 Å². The standard InChI is InChI=1S/C17H15BrClN3O2/c1-11(10-16(23)20-15-8-4-13(18)5-9-15)21-22-17(24)12-2-6-14(19)7-3-12/h2-9H,10H2,1H3,(H,20,23)(H,22,24)/b21-11+. The number of hydrogen-bond acceptors (Lipinski definition) is 3. The number of anilines is 1. The summed E-state index contributed by atoms with van der Waals surface area (Å²) < 4.78 is 0.933. The van der Waals surface area contributed by atoms with E-state index in [0.29, 0.717) is 22.0 Å². The van der Waals surface area contributed by atoms with E-state index in [1.807, 2.05) is 12.1 Å². The second-order valence-corrected chi connectivity index (χ2v) is 6.38. The van der Waals surface area contributed by atoms with Gasteiger partial charge < -0.3 is 5.32 Å². The number of hydrazone groups is 1.